The molecule has 0 unspecified atom stereocenters. The fourth-order valence-electron chi connectivity index (χ4n) is 0. The molecule has 1 amide bonds. The van der Waals surface area contributed by atoms with E-state index in [0.29, 0.717) is 0 Å². The van der Waals surface area contributed by atoms with Gasteiger partial charge in [0.05, 0.1) is 0 Å². The second-order valence-corrected chi connectivity index (χ2v) is 0.806. The van der Waals surface area contributed by atoms with Crippen LogP contribution < -0.4 is 5.32 Å². The predicted octanol–water partition coefficient (Wildman–Crippen LogP) is 2.83. The van der Waals surface area contributed by atoms with Crippen molar-refractivity contribution < 1.29 is 4.79 Å². The van der Waals surface area contributed by atoms with Crippen LogP contribution in [-0.4, -0.2) is 13.0 Å². The number of nitrogens with one attached hydrogen (secondary N) is 1. The molecule has 2 heteroatoms. The van der Waals surface area contributed by atoms with E-state index in [0.717, 1.165) is 0 Å². The summed E-state index contributed by atoms with van der Waals surface area (Å²) in [6, 6.07) is 0. The second kappa shape index (κ2) is 56.4. The Kier molecular flexibility index (Phi) is 115. The van der Waals surface area contributed by atoms with E-state index in [1.165, 1.54) is 6.92 Å². The summed E-state index contributed by atoms with van der Waals surface area (Å²) in [5.74, 6) is 0.00463. The molecule has 0 aliphatic rings. The van der Waals surface area contributed by atoms with Crippen molar-refractivity contribution >= 4 is 5.91 Å². The number of amides is 1. The highest BCUT2D eigenvalue weighted by Gasteiger charge is 1.72. The van der Waals surface area contributed by atoms with Crippen molar-refractivity contribution in [2.24, 2.45) is 0 Å². The Morgan fingerprint density at radius 1 is 0.909 bits per heavy atom. The lowest BCUT2D eigenvalue weighted by atomic mass is 10.7. The van der Waals surface area contributed by atoms with Gasteiger partial charge in [0.25, 0.3) is 0 Å². The van der Waals surface area contributed by atoms with Gasteiger partial charge in [-0.25, -0.2) is 0 Å². The maximum absolute atomic E-state index is 9.70. The molecular weight excluding hydrogens is 138 g/mol. The third-order valence-electron chi connectivity index (χ3n) is 0.352. The average Bonchev–Trinajstić information content (AvgIpc) is 2.15. The van der Waals surface area contributed by atoms with Gasteiger partial charge in [-0.1, -0.05) is 41.5 Å². The quantitative estimate of drug-likeness (QED) is 0.584. The zero-order valence-electron chi connectivity index (χ0n) is 9.41. The molecule has 0 heterocycles. The summed E-state index contributed by atoms with van der Waals surface area (Å²) in [5.41, 5.74) is 0. The Labute approximate surface area is 72.4 Å². The highest BCUT2D eigenvalue weighted by molar-refractivity contribution is 5.72. The standard InChI is InChI=1S/C3H7NO.3C2H6/c1-3(5)4-2;3*1-2/h1-2H3,(H,4,5);3*1-2H3. The third-order valence-corrected chi connectivity index (χ3v) is 0.352. The first-order valence-corrected chi connectivity index (χ1v) is 4.45. The summed E-state index contributed by atoms with van der Waals surface area (Å²) < 4.78 is 0. The van der Waals surface area contributed by atoms with Crippen molar-refractivity contribution in [3.8, 4) is 0 Å². The molecule has 0 aromatic rings. The molecule has 0 rings (SSSR count). The predicted molar refractivity (Wildman–Crippen MR) is 53.8 cm³/mol. The molecular formula is C9H25NO. The first-order chi connectivity index (χ1) is 5.27. The molecule has 0 saturated heterocycles. The van der Waals surface area contributed by atoms with Gasteiger partial charge in [-0.05, 0) is 0 Å². The highest BCUT2D eigenvalue weighted by Crippen LogP contribution is 1.45. The Morgan fingerprint density at radius 3 is 1.00 bits per heavy atom. The molecule has 0 radical (unpaired) electrons. The van der Waals surface area contributed by atoms with E-state index in [4.69, 9.17) is 0 Å². The lowest BCUT2D eigenvalue weighted by molar-refractivity contribution is -0.118. The van der Waals surface area contributed by atoms with Gasteiger partial charge >= 0.3 is 0 Å². The lowest BCUT2D eigenvalue weighted by Gasteiger charge is -1.80. The number of carbonyl (C=O) groups is 1. The second-order valence-electron chi connectivity index (χ2n) is 0.806. The monoisotopic (exact) mass is 163 g/mol. The van der Waals surface area contributed by atoms with Gasteiger partial charge in [0.15, 0.2) is 0 Å². The van der Waals surface area contributed by atoms with Gasteiger partial charge in [-0.15, -0.1) is 0 Å². The zero-order chi connectivity index (χ0) is 10.3. The molecule has 2 nitrogen and oxygen atoms in total. The summed E-state index contributed by atoms with van der Waals surface area (Å²) in [5, 5.41) is 2.39. The molecule has 0 fully saturated rings. The van der Waals surface area contributed by atoms with Gasteiger partial charge in [-0.2, -0.15) is 0 Å². The van der Waals surface area contributed by atoms with Gasteiger partial charge in [0, 0.05) is 14.0 Å². The Morgan fingerprint density at radius 2 is 1.00 bits per heavy atom. The van der Waals surface area contributed by atoms with Crippen molar-refractivity contribution in [1.82, 2.24) is 5.32 Å². The third kappa shape index (κ3) is 245. The Hall–Kier alpha value is -0.530. The van der Waals surface area contributed by atoms with E-state index in [1.54, 1.807) is 7.05 Å². The number of rotatable bonds is 0. The number of carbonyl (C=O) groups excluding carboxylic acids is 1. The molecule has 0 bridgehead atoms. The fraction of sp³-hybridized carbons (Fsp3) is 0.889. The molecule has 0 spiro atoms. The summed E-state index contributed by atoms with van der Waals surface area (Å²) in [7, 11) is 1.60. The molecule has 0 aromatic heterocycles. The van der Waals surface area contributed by atoms with Crippen LogP contribution in [0.25, 0.3) is 0 Å². The summed E-state index contributed by atoms with van der Waals surface area (Å²) in [6.45, 7) is 13.5. The van der Waals surface area contributed by atoms with Crippen LogP contribution in [0.5, 0.6) is 0 Å². The van der Waals surface area contributed by atoms with Crippen LogP contribution in [0.3, 0.4) is 0 Å². The Balaban J connectivity index is -0.0000000350. The van der Waals surface area contributed by atoms with Gasteiger partial charge in [0.1, 0.15) is 0 Å². The van der Waals surface area contributed by atoms with Crippen LogP contribution in [0.4, 0.5) is 0 Å². The van der Waals surface area contributed by atoms with Gasteiger partial charge < -0.3 is 5.32 Å². The van der Waals surface area contributed by atoms with Crippen molar-refractivity contribution in [1.29, 1.82) is 0 Å². The minimum atomic E-state index is 0.00463. The van der Waals surface area contributed by atoms with Crippen LogP contribution in [-0.2, 0) is 4.79 Å². The van der Waals surface area contributed by atoms with Crippen LogP contribution in [0.1, 0.15) is 48.5 Å². The topological polar surface area (TPSA) is 29.1 Å². The van der Waals surface area contributed by atoms with Crippen molar-refractivity contribution in [2.45, 2.75) is 48.5 Å². The average molecular weight is 163 g/mol. The van der Waals surface area contributed by atoms with Gasteiger partial charge in [-0.3, -0.25) is 4.79 Å². The van der Waals surface area contributed by atoms with Crippen LogP contribution in [0.2, 0.25) is 0 Å². The molecule has 0 saturated carbocycles. The maximum Gasteiger partial charge on any atom is 0.216 e. The van der Waals surface area contributed by atoms with Gasteiger partial charge in [0.2, 0.25) is 5.91 Å². The van der Waals surface area contributed by atoms with Crippen LogP contribution in [0.15, 0.2) is 0 Å². The van der Waals surface area contributed by atoms with Crippen LogP contribution >= 0.6 is 0 Å². The van der Waals surface area contributed by atoms with E-state index >= 15 is 0 Å². The van der Waals surface area contributed by atoms with E-state index in [-0.39, 0.29) is 5.91 Å². The summed E-state index contributed by atoms with van der Waals surface area (Å²) in [6.07, 6.45) is 0. The lowest BCUT2D eigenvalue weighted by Crippen LogP contribution is -2.11. The number of hydrogen-bond acceptors (Lipinski definition) is 1. The van der Waals surface area contributed by atoms with E-state index in [1.807, 2.05) is 41.5 Å². The first kappa shape index (κ1) is 22.4. The van der Waals surface area contributed by atoms with Crippen molar-refractivity contribution in [2.75, 3.05) is 7.05 Å². The molecule has 0 atom stereocenters. The van der Waals surface area contributed by atoms with Crippen molar-refractivity contribution in [3.63, 3.8) is 0 Å². The minimum Gasteiger partial charge on any atom is -0.359 e. The summed E-state index contributed by atoms with van der Waals surface area (Å²) >= 11 is 0. The highest BCUT2D eigenvalue weighted by atomic mass is 16.1. The summed E-state index contributed by atoms with van der Waals surface area (Å²) in [4.78, 5) is 9.70. The van der Waals surface area contributed by atoms with Crippen LogP contribution in [0, 0.1) is 0 Å². The largest absolute Gasteiger partial charge is 0.359 e. The molecule has 72 valence electrons. The zero-order valence-corrected chi connectivity index (χ0v) is 9.41. The molecule has 11 heavy (non-hydrogen) atoms. The molecule has 1 N–H and O–H groups in total. The van der Waals surface area contributed by atoms with E-state index < -0.39 is 0 Å². The van der Waals surface area contributed by atoms with E-state index in [2.05, 4.69) is 5.32 Å². The molecule has 0 aromatic carbocycles. The Bertz CT molecular complexity index is 44.8. The maximum atomic E-state index is 9.70. The molecule has 0 aliphatic heterocycles. The SMILES string of the molecule is CC.CC.CC.CNC(C)=O. The van der Waals surface area contributed by atoms with E-state index in [9.17, 15) is 4.79 Å². The van der Waals surface area contributed by atoms with Crippen molar-refractivity contribution in [3.05, 3.63) is 0 Å². The first-order valence-electron chi connectivity index (χ1n) is 4.45. The minimum absolute atomic E-state index is 0.00463. The normalized spacial score (nSPS) is 4.73. The number of hydrogen-bond donors (Lipinski definition) is 1. The molecule has 0 aliphatic carbocycles. The fourth-order valence-corrected chi connectivity index (χ4v) is 0. The smallest absolute Gasteiger partial charge is 0.216 e.